The van der Waals surface area contributed by atoms with Gasteiger partial charge in [0.15, 0.2) is 0 Å². The van der Waals surface area contributed by atoms with E-state index in [2.05, 4.69) is 15.2 Å². The molecule has 2 unspecified atom stereocenters. The second-order valence-electron chi connectivity index (χ2n) is 4.94. The maximum absolute atomic E-state index is 12.3. The average molecular weight is 235 g/mol. The topological polar surface area (TPSA) is 87.9 Å². The molecule has 2 aliphatic rings. The summed E-state index contributed by atoms with van der Waals surface area (Å²) < 4.78 is 0. The van der Waals surface area contributed by atoms with Crippen LogP contribution in [0.25, 0.3) is 0 Å². The van der Waals surface area contributed by atoms with E-state index in [1.165, 1.54) is 19.3 Å². The summed E-state index contributed by atoms with van der Waals surface area (Å²) >= 11 is 0. The Bertz CT molecular complexity index is 429. The van der Waals surface area contributed by atoms with E-state index in [1.807, 2.05) is 4.90 Å². The molecule has 1 saturated heterocycles. The lowest BCUT2D eigenvalue weighted by atomic mass is 9.92. The molecule has 1 amide bonds. The first-order valence-electron chi connectivity index (χ1n) is 6.24. The summed E-state index contributed by atoms with van der Waals surface area (Å²) in [6.07, 6.45) is 5.97. The highest BCUT2D eigenvalue weighted by atomic mass is 16.2. The number of hydrogen-bond donors (Lipinski definition) is 2. The fourth-order valence-corrected chi connectivity index (χ4v) is 3.21. The lowest BCUT2D eigenvalue weighted by molar-refractivity contribution is 0.0536. The van der Waals surface area contributed by atoms with Crippen LogP contribution >= 0.6 is 0 Å². The van der Waals surface area contributed by atoms with Gasteiger partial charge >= 0.3 is 0 Å². The van der Waals surface area contributed by atoms with E-state index in [4.69, 9.17) is 5.73 Å². The number of nitrogen functional groups attached to an aromatic ring is 1. The van der Waals surface area contributed by atoms with Crippen LogP contribution < -0.4 is 5.73 Å². The molecule has 2 atom stereocenters. The van der Waals surface area contributed by atoms with E-state index < -0.39 is 0 Å². The quantitative estimate of drug-likeness (QED) is 0.753. The summed E-state index contributed by atoms with van der Waals surface area (Å²) in [7, 11) is 0. The number of hydrogen-bond acceptors (Lipinski definition) is 4. The first-order valence-corrected chi connectivity index (χ1v) is 6.24. The number of H-pyrrole nitrogens is 1. The summed E-state index contributed by atoms with van der Waals surface area (Å²) in [5, 5.41) is 6.32. The maximum Gasteiger partial charge on any atom is 0.291 e. The van der Waals surface area contributed by atoms with Gasteiger partial charge in [-0.3, -0.25) is 9.89 Å². The standard InChI is InChI=1S/C11H17N5O/c12-11-13-9(14-15-11)10(17)16-6-2-4-7-3-1-5-8(7)16/h7-8H,1-6H2,(H3,12,13,14,15). The largest absolute Gasteiger partial charge is 0.366 e. The van der Waals surface area contributed by atoms with Gasteiger partial charge in [-0.2, -0.15) is 4.98 Å². The van der Waals surface area contributed by atoms with E-state index in [9.17, 15) is 4.79 Å². The number of carbonyl (C=O) groups excluding carboxylic acids is 1. The van der Waals surface area contributed by atoms with Crippen molar-refractivity contribution in [3.63, 3.8) is 0 Å². The Morgan fingerprint density at radius 2 is 2.18 bits per heavy atom. The summed E-state index contributed by atoms with van der Waals surface area (Å²) in [5.41, 5.74) is 5.43. The highest BCUT2D eigenvalue weighted by Gasteiger charge is 2.38. The molecule has 0 radical (unpaired) electrons. The van der Waals surface area contributed by atoms with E-state index in [1.54, 1.807) is 0 Å². The van der Waals surface area contributed by atoms with Gasteiger partial charge in [0.1, 0.15) is 0 Å². The third-order valence-electron chi connectivity index (χ3n) is 3.96. The zero-order valence-corrected chi connectivity index (χ0v) is 9.72. The molecule has 2 heterocycles. The Labute approximate surface area is 99.6 Å². The van der Waals surface area contributed by atoms with Crippen LogP contribution in [0.2, 0.25) is 0 Å². The van der Waals surface area contributed by atoms with Crippen molar-refractivity contribution in [1.29, 1.82) is 0 Å². The SMILES string of the molecule is Nc1n[nH]c(C(=O)N2CCCC3CCCC32)n1. The third kappa shape index (κ3) is 1.77. The van der Waals surface area contributed by atoms with Crippen LogP contribution in [0.4, 0.5) is 5.95 Å². The van der Waals surface area contributed by atoms with Gasteiger partial charge in [0.05, 0.1) is 0 Å². The van der Waals surface area contributed by atoms with Crippen molar-refractivity contribution >= 4 is 11.9 Å². The zero-order valence-electron chi connectivity index (χ0n) is 9.72. The number of nitrogens with two attached hydrogens (primary N) is 1. The Morgan fingerprint density at radius 3 is 2.94 bits per heavy atom. The molecule has 1 aromatic heterocycles. The number of carbonyl (C=O) groups is 1. The van der Waals surface area contributed by atoms with Crippen molar-refractivity contribution in [2.24, 2.45) is 5.92 Å². The van der Waals surface area contributed by atoms with Crippen molar-refractivity contribution in [3.8, 4) is 0 Å². The molecule has 0 spiro atoms. The Morgan fingerprint density at radius 1 is 1.35 bits per heavy atom. The molecule has 1 aliphatic carbocycles. The summed E-state index contributed by atoms with van der Waals surface area (Å²) in [6, 6.07) is 0.405. The maximum atomic E-state index is 12.3. The molecule has 0 bridgehead atoms. The molecule has 17 heavy (non-hydrogen) atoms. The predicted molar refractivity (Wildman–Crippen MR) is 62.2 cm³/mol. The molecule has 3 rings (SSSR count). The number of piperidine rings is 1. The van der Waals surface area contributed by atoms with Crippen molar-refractivity contribution in [3.05, 3.63) is 5.82 Å². The zero-order chi connectivity index (χ0) is 11.8. The van der Waals surface area contributed by atoms with Crippen molar-refractivity contribution in [1.82, 2.24) is 20.1 Å². The molecule has 1 saturated carbocycles. The highest BCUT2D eigenvalue weighted by molar-refractivity contribution is 5.91. The van der Waals surface area contributed by atoms with E-state index in [0.29, 0.717) is 12.0 Å². The number of aromatic nitrogens is 3. The van der Waals surface area contributed by atoms with Crippen LogP contribution in [0.1, 0.15) is 42.7 Å². The number of likely N-dealkylation sites (tertiary alicyclic amines) is 1. The molecular weight excluding hydrogens is 218 g/mol. The summed E-state index contributed by atoms with van der Waals surface area (Å²) in [5.74, 6) is 1.04. The van der Waals surface area contributed by atoms with Crippen LogP contribution in [0.5, 0.6) is 0 Å². The Balaban J connectivity index is 1.81. The minimum Gasteiger partial charge on any atom is -0.366 e. The highest BCUT2D eigenvalue weighted by Crippen LogP contribution is 2.37. The fourth-order valence-electron chi connectivity index (χ4n) is 3.21. The van der Waals surface area contributed by atoms with Crippen molar-refractivity contribution in [2.75, 3.05) is 12.3 Å². The van der Waals surface area contributed by atoms with Crippen LogP contribution in [0.15, 0.2) is 0 Å². The van der Waals surface area contributed by atoms with Gasteiger partial charge < -0.3 is 10.6 Å². The number of fused-ring (bicyclic) bond motifs is 1. The minimum atomic E-state index is -0.0502. The lowest BCUT2D eigenvalue weighted by Crippen LogP contribution is -2.46. The van der Waals surface area contributed by atoms with Gasteiger partial charge in [-0.05, 0) is 31.6 Å². The molecular formula is C11H17N5O. The summed E-state index contributed by atoms with van der Waals surface area (Å²) in [4.78, 5) is 18.2. The Kier molecular flexibility index (Phi) is 2.49. The van der Waals surface area contributed by atoms with Gasteiger partial charge in [0.25, 0.3) is 5.91 Å². The molecule has 6 nitrogen and oxygen atoms in total. The van der Waals surface area contributed by atoms with Gasteiger partial charge in [-0.25, -0.2) is 0 Å². The molecule has 6 heteroatoms. The molecule has 3 N–H and O–H groups in total. The average Bonchev–Trinajstić information content (AvgIpc) is 2.95. The van der Waals surface area contributed by atoms with E-state index in [0.717, 1.165) is 19.4 Å². The predicted octanol–water partition coefficient (Wildman–Crippen LogP) is 0.792. The fraction of sp³-hybridized carbons (Fsp3) is 0.727. The minimum absolute atomic E-state index is 0.0502. The van der Waals surface area contributed by atoms with Crippen molar-refractivity contribution in [2.45, 2.75) is 38.1 Å². The number of nitrogens with one attached hydrogen (secondary N) is 1. The number of rotatable bonds is 1. The lowest BCUT2D eigenvalue weighted by Gasteiger charge is -2.37. The number of nitrogens with zero attached hydrogens (tertiary/aromatic N) is 3. The molecule has 92 valence electrons. The van der Waals surface area contributed by atoms with Crippen LogP contribution in [0, 0.1) is 5.92 Å². The molecule has 1 aliphatic heterocycles. The molecule has 1 aromatic rings. The number of amides is 1. The van der Waals surface area contributed by atoms with Crippen LogP contribution in [-0.2, 0) is 0 Å². The van der Waals surface area contributed by atoms with Crippen LogP contribution in [0.3, 0.4) is 0 Å². The van der Waals surface area contributed by atoms with Gasteiger partial charge in [0, 0.05) is 12.6 Å². The summed E-state index contributed by atoms with van der Waals surface area (Å²) in [6.45, 7) is 0.834. The molecule has 0 aromatic carbocycles. The van der Waals surface area contributed by atoms with Gasteiger partial charge in [0.2, 0.25) is 11.8 Å². The van der Waals surface area contributed by atoms with Gasteiger partial charge in [-0.15, -0.1) is 5.10 Å². The number of aromatic amines is 1. The van der Waals surface area contributed by atoms with Gasteiger partial charge in [-0.1, -0.05) is 6.42 Å². The Hall–Kier alpha value is -1.59. The smallest absolute Gasteiger partial charge is 0.291 e. The van der Waals surface area contributed by atoms with E-state index in [-0.39, 0.29) is 17.7 Å². The first-order chi connectivity index (χ1) is 8.25. The third-order valence-corrected chi connectivity index (χ3v) is 3.96. The first kappa shape index (κ1) is 10.6. The van der Waals surface area contributed by atoms with E-state index >= 15 is 0 Å². The van der Waals surface area contributed by atoms with Crippen LogP contribution in [-0.4, -0.2) is 38.6 Å². The monoisotopic (exact) mass is 235 g/mol. The second kappa shape index (κ2) is 4.01. The second-order valence-corrected chi connectivity index (χ2v) is 4.94. The van der Waals surface area contributed by atoms with Crippen molar-refractivity contribution < 1.29 is 4.79 Å². The normalized spacial score (nSPS) is 28.1. The number of anilines is 1. The molecule has 2 fully saturated rings.